The lowest BCUT2D eigenvalue weighted by Gasteiger charge is -2.24. The number of hydrogen-bond donors (Lipinski definition) is 1. The number of carbonyl (C=O) groups is 1. The van der Waals surface area contributed by atoms with Crippen molar-refractivity contribution in [1.29, 1.82) is 0 Å². The van der Waals surface area contributed by atoms with Gasteiger partial charge < -0.3 is 10.1 Å². The molecule has 3 nitrogen and oxygen atoms in total. The number of ether oxygens (including phenoxy) is 1. The lowest BCUT2D eigenvalue weighted by Crippen LogP contribution is -2.40. The van der Waals surface area contributed by atoms with Gasteiger partial charge in [-0.1, -0.05) is 68.8 Å². The first-order valence-electron chi connectivity index (χ1n) is 8.77. The number of rotatable bonds is 8. The number of nitrogens with one attached hydrogen (secondary N) is 1. The normalized spacial score (nSPS) is 13.3. The minimum absolute atomic E-state index is 0.0225. The molecule has 25 heavy (non-hydrogen) atoms. The van der Waals surface area contributed by atoms with Crippen LogP contribution in [0.1, 0.15) is 45.2 Å². The highest BCUT2D eigenvalue weighted by molar-refractivity contribution is 6.30. The number of carbonyl (C=O) groups excluding carboxylic acids is 1. The summed E-state index contributed by atoms with van der Waals surface area (Å²) in [7, 11) is 0. The van der Waals surface area contributed by atoms with E-state index in [4.69, 9.17) is 16.3 Å². The summed E-state index contributed by atoms with van der Waals surface area (Å²) < 4.78 is 5.85. The molecule has 2 unspecified atom stereocenters. The third-order valence-corrected chi connectivity index (χ3v) is 4.20. The van der Waals surface area contributed by atoms with Gasteiger partial charge in [0.1, 0.15) is 5.75 Å². The fourth-order valence-electron chi connectivity index (χ4n) is 2.73. The van der Waals surface area contributed by atoms with Gasteiger partial charge >= 0.3 is 0 Å². The third kappa shape index (κ3) is 6.09. The molecule has 0 saturated heterocycles. The van der Waals surface area contributed by atoms with Crippen molar-refractivity contribution < 1.29 is 9.53 Å². The lowest BCUT2D eigenvalue weighted by molar-refractivity contribution is -0.129. The first-order valence-corrected chi connectivity index (χ1v) is 9.15. The molecule has 0 radical (unpaired) electrons. The highest BCUT2D eigenvalue weighted by Gasteiger charge is 2.23. The van der Waals surface area contributed by atoms with Gasteiger partial charge in [-0.3, -0.25) is 4.79 Å². The standard InChI is InChI=1S/C21H26ClNO2/c1-4-20(25-18-12-8-11-17(22)14-18)21(24)23-19(13-15(2)3)16-9-6-5-7-10-16/h5-12,14-15,19-20H,4,13H2,1-3H3,(H,23,24). The van der Waals surface area contributed by atoms with Crippen LogP contribution in [0.15, 0.2) is 54.6 Å². The molecule has 0 heterocycles. The second kappa shape index (κ2) is 9.47. The van der Waals surface area contributed by atoms with Crippen molar-refractivity contribution in [3.63, 3.8) is 0 Å². The van der Waals surface area contributed by atoms with E-state index >= 15 is 0 Å². The Morgan fingerprint density at radius 3 is 2.44 bits per heavy atom. The van der Waals surface area contributed by atoms with Crippen LogP contribution in [0.5, 0.6) is 5.75 Å². The SMILES string of the molecule is CCC(Oc1cccc(Cl)c1)C(=O)NC(CC(C)C)c1ccccc1. The van der Waals surface area contributed by atoms with Crippen LogP contribution in [0.25, 0.3) is 0 Å². The van der Waals surface area contributed by atoms with Crippen molar-refractivity contribution in [3.8, 4) is 5.75 Å². The molecule has 2 atom stereocenters. The van der Waals surface area contributed by atoms with Gasteiger partial charge in [0.2, 0.25) is 0 Å². The molecule has 0 aliphatic rings. The number of hydrogen-bond acceptors (Lipinski definition) is 2. The maximum atomic E-state index is 12.8. The number of amides is 1. The topological polar surface area (TPSA) is 38.3 Å². The van der Waals surface area contributed by atoms with Gasteiger partial charge in [-0.25, -0.2) is 0 Å². The van der Waals surface area contributed by atoms with Crippen LogP contribution in [0.3, 0.4) is 0 Å². The first-order chi connectivity index (χ1) is 12.0. The summed E-state index contributed by atoms with van der Waals surface area (Å²) in [6.45, 7) is 6.25. The maximum Gasteiger partial charge on any atom is 0.261 e. The Morgan fingerprint density at radius 1 is 1.12 bits per heavy atom. The average molecular weight is 360 g/mol. The molecule has 2 aromatic rings. The van der Waals surface area contributed by atoms with Gasteiger partial charge in [-0.15, -0.1) is 0 Å². The van der Waals surface area contributed by atoms with E-state index in [2.05, 4.69) is 19.2 Å². The van der Waals surface area contributed by atoms with Gasteiger partial charge in [0, 0.05) is 5.02 Å². The Labute approximate surface area is 155 Å². The molecule has 1 N–H and O–H groups in total. The molecule has 134 valence electrons. The van der Waals surface area contributed by atoms with E-state index in [0.29, 0.717) is 23.1 Å². The second-order valence-electron chi connectivity index (χ2n) is 6.57. The number of benzene rings is 2. The first kappa shape index (κ1) is 19.3. The van der Waals surface area contributed by atoms with E-state index in [0.717, 1.165) is 12.0 Å². The minimum atomic E-state index is -0.545. The van der Waals surface area contributed by atoms with Crippen LogP contribution in [-0.2, 0) is 4.79 Å². The van der Waals surface area contributed by atoms with E-state index in [9.17, 15) is 4.79 Å². The highest BCUT2D eigenvalue weighted by atomic mass is 35.5. The molecular formula is C21H26ClNO2. The monoisotopic (exact) mass is 359 g/mol. The van der Waals surface area contributed by atoms with E-state index in [1.54, 1.807) is 12.1 Å². The van der Waals surface area contributed by atoms with Crippen molar-refractivity contribution in [2.75, 3.05) is 0 Å². The summed E-state index contributed by atoms with van der Waals surface area (Å²) in [5, 5.41) is 3.75. The molecule has 0 saturated carbocycles. The molecule has 2 rings (SSSR count). The Hall–Kier alpha value is -2.00. The van der Waals surface area contributed by atoms with E-state index < -0.39 is 6.10 Å². The van der Waals surface area contributed by atoms with Gasteiger partial charge in [-0.2, -0.15) is 0 Å². The van der Waals surface area contributed by atoms with Crippen molar-refractivity contribution in [3.05, 3.63) is 65.2 Å². The minimum Gasteiger partial charge on any atom is -0.481 e. The zero-order chi connectivity index (χ0) is 18.2. The van der Waals surface area contributed by atoms with E-state index in [1.807, 2.05) is 49.4 Å². The lowest BCUT2D eigenvalue weighted by atomic mass is 9.96. The van der Waals surface area contributed by atoms with Gasteiger partial charge in [-0.05, 0) is 42.5 Å². The summed E-state index contributed by atoms with van der Waals surface area (Å²) in [4.78, 5) is 12.8. The fourth-order valence-corrected chi connectivity index (χ4v) is 2.91. The molecule has 0 aliphatic carbocycles. The Bertz CT molecular complexity index is 673. The van der Waals surface area contributed by atoms with E-state index in [1.165, 1.54) is 0 Å². The van der Waals surface area contributed by atoms with Crippen LogP contribution < -0.4 is 10.1 Å². The van der Waals surface area contributed by atoms with E-state index in [-0.39, 0.29) is 11.9 Å². The van der Waals surface area contributed by atoms with Gasteiger partial charge in [0.15, 0.2) is 6.10 Å². The molecule has 0 bridgehead atoms. The quantitative estimate of drug-likeness (QED) is 0.685. The second-order valence-corrected chi connectivity index (χ2v) is 7.01. The van der Waals surface area contributed by atoms with Gasteiger partial charge in [0.25, 0.3) is 5.91 Å². The molecule has 0 aliphatic heterocycles. The molecule has 0 spiro atoms. The Kier molecular flexibility index (Phi) is 7.32. The fraction of sp³-hybridized carbons (Fsp3) is 0.381. The van der Waals surface area contributed by atoms with Crippen LogP contribution in [0, 0.1) is 5.92 Å². The highest BCUT2D eigenvalue weighted by Crippen LogP contribution is 2.23. The molecule has 1 amide bonds. The molecular weight excluding hydrogens is 334 g/mol. The summed E-state index contributed by atoms with van der Waals surface area (Å²) in [5.74, 6) is 0.978. The predicted octanol–water partition coefficient (Wildman–Crippen LogP) is 5.40. The average Bonchev–Trinajstić information content (AvgIpc) is 2.59. The summed E-state index contributed by atoms with van der Waals surface area (Å²) in [6.07, 6.45) is 0.919. The predicted molar refractivity (Wildman–Crippen MR) is 103 cm³/mol. The Morgan fingerprint density at radius 2 is 1.84 bits per heavy atom. The molecule has 0 aromatic heterocycles. The number of halogens is 1. The van der Waals surface area contributed by atoms with Crippen molar-refractivity contribution in [1.82, 2.24) is 5.32 Å². The molecule has 4 heteroatoms. The smallest absolute Gasteiger partial charge is 0.261 e. The molecule has 0 fully saturated rings. The summed E-state index contributed by atoms with van der Waals surface area (Å²) in [6, 6.07) is 17.2. The van der Waals surface area contributed by atoms with Gasteiger partial charge in [0.05, 0.1) is 6.04 Å². The third-order valence-electron chi connectivity index (χ3n) is 3.96. The van der Waals surface area contributed by atoms with Crippen LogP contribution in [0.4, 0.5) is 0 Å². The van der Waals surface area contributed by atoms with Crippen molar-refractivity contribution in [2.45, 2.75) is 45.8 Å². The largest absolute Gasteiger partial charge is 0.481 e. The van der Waals surface area contributed by atoms with Crippen LogP contribution >= 0.6 is 11.6 Å². The zero-order valence-electron chi connectivity index (χ0n) is 15.0. The van der Waals surface area contributed by atoms with Crippen LogP contribution in [-0.4, -0.2) is 12.0 Å². The molecule has 2 aromatic carbocycles. The summed E-state index contributed by atoms with van der Waals surface area (Å²) >= 11 is 5.99. The summed E-state index contributed by atoms with van der Waals surface area (Å²) in [5.41, 5.74) is 1.11. The Balaban J connectivity index is 2.09. The van der Waals surface area contributed by atoms with Crippen molar-refractivity contribution >= 4 is 17.5 Å². The van der Waals surface area contributed by atoms with Crippen molar-refractivity contribution in [2.24, 2.45) is 5.92 Å². The van der Waals surface area contributed by atoms with Crippen LogP contribution in [0.2, 0.25) is 5.02 Å². The maximum absolute atomic E-state index is 12.8. The zero-order valence-corrected chi connectivity index (χ0v) is 15.8.